The van der Waals surface area contributed by atoms with Gasteiger partial charge in [0.25, 0.3) is 0 Å². The second kappa shape index (κ2) is 4.78. The van der Waals surface area contributed by atoms with E-state index in [2.05, 4.69) is 17.2 Å². The summed E-state index contributed by atoms with van der Waals surface area (Å²) in [5.41, 5.74) is 3.20. The van der Waals surface area contributed by atoms with Crippen molar-refractivity contribution in [3.05, 3.63) is 42.2 Å². The predicted molar refractivity (Wildman–Crippen MR) is 79.5 cm³/mol. The normalized spacial score (nSPS) is 19.0. The maximum atomic E-state index is 11.8. The molecule has 1 unspecified atom stereocenters. The summed E-state index contributed by atoms with van der Waals surface area (Å²) in [6, 6.07) is 8.12. The number of likely N-dealkylation sites (N-methyl/N-ethyl adjacent to an activating group) is 1. The summed E-state index contributed by atoms with van der Waals surface area (Å²) < 4.78 is 2.20. The van der Waals surface area contributed by atoms with E-state index in [0.717, 1.165) is 35.5 Å². The van der Waals surface area contributed by atoms with Crippen LogP contribution in [0.4, 0.5) is 0 Å². The quantitative estimate of drug-likeness (QED) is 0.803. The molecule has 0 aliphatic carbocycles. The van der Waals surface area contributed by atoms with E-state index in [1.807, 2.05) is 32.2 Å². The summed E-state index contributed by atoms with van der Waals surface area (Å²) in [6.07, 6.45) is 0.552. The Morgan fingerprint density at radius 2 is 2.20 bits per heavy atom. The number of nitrogens with zero attached hydrogens (tertiary/aromatic N) is 3. The van der Waals surface area contributed by atoms with E-state index in [1.165, 1.54) is 0 Å². The molecular formula is C16H19N3O. The summed E-state index contributed by atoms with van der Waals surface area (Å²) in [5, 5.41) is 0. The molecule has 0 spiro atoms. The highest BCUT2D eigenvalue weighted by Crippen LogP contribution is 2.30. The van der Waals surface area contributed by atoms with Crippen LogP contribution in [0.3, 0.4) is 0 Å². The standard InChI is InChI=1S/C16H19N3O/c1-11(2)9-19-14-7-5-4-6-13(14)17-16(19)12-8-15(20)18(3)10-12/h4-7,12H,1,8-10H2,2-3H3. The maximum absolute atomic E-state index is 11.8. The first-order valence-corrected chi connectivity index (χ1v) is 6.90. The predicted octanol–water partition coefficient (Wildman–Crippen LogP) is 2.56. The lowest BCUT2D eigenvalue weighted by molar-refractivity contribution is -0.126. The molecule has 0 saturated carbocycles. The molecule has 1 aromatic carbocycles. The zero-order valence-electron chi connectivity index (χ0n) is 12.0. The Hall–Kier alpha value is -2.10. The SMILES string of the molecule is C=C(C)Cn1c(C2CC(=O)N(C)C2)nc2ccccc21. The van der Waals surface area contributed by atoms with Crippen molar-refractivity contribution in [2.45, 2.75) is 25.8 Å². The van der Waals surface area contributed by atoms with E-state index >= 15 is 0 Å². The third-order valence-corrected chi connectivity index (χ3v) is 3.82. The molecular weight excluding hydrogens is 250 g/mol. The third kappa shape index (κ3) is 2.11. The van der Waals surface area contributed by atoms with Crippen LogP contribution in [0.25, 0.3) is 11.0 Å². The maximum Gasteiger partial charge on any atom is 0.223 e. The Kier molecular flexibility index (Phi) is 3.08. The Bertz CT molecular complexity index is 686. The first-order valence-electron chi connectivity index (χ1n) is 6.90. The number of likely N-dealkylation sites (tertiary alicyclic amines) is 1. The average molecular weight is 269 g/mol. The molecule has 2 aromatic rings. The summed E-state index contributed by atoms with van der Waals surface area (Å²) in [5.74, 6) is 1.38. The lowest BCUT2D eigenvalue weighted by Gasteiger charge is -2.13. The van der Waals surface area contributed by atoms with Crippen molar-refractivity contribution < 1.29 is 4.79 Å². The zero-order valence-corrected chi connectivity index (χ0v) is 12.0. The number of amides is 1. The topological polar surface area (TPSA) is 38.1 Å². The highest BCUT2D eigenvalue weighted by Gasteiger charge is 2.31. The second-order valence-corrected chi connectivity index (χ2v) is 5.68. The largest absolute Gasteiger partial charge is 0.345 e. The van der Waals surface area contributed by atoms with Crippen LogP contribution in [0.5, 0.6) is 0 Å². The Morgan fingerprint density at radius 3 is 2.85 bits per heavy atom. The minimum atomic E-state index is 0.180. The van der Waals surface area contributed by atoms with Crippen LogP contribution in [0.2, 0.25) is 0 Å². The van der Waals surface area contributed by atoms with E-state index in [9.17, 15) is 4.79 Å². The highest BCUT2D eigenvalue weighted by molar-refractivity contribution is 5.80. The number of hydrogen-bond donors (Lipinski definition) is 0. The van der Waals surface area contributed by atoms with Gasteiger partial charge in [-0.1, -0.05) is 24.3 Å². The van der Waals surface area contributed by atoms with Gasteiger partial charge in [-0.25, -0.2) is 4.98 Å². The van der Waals surface area contributed by atoms with Gasteiger partial charge in [0.2, 0.25) is 5.91 Å². The number of rotatable bonds is 3. The van der Waals surface area contributed by atoms with Gasteiger partial charge in [-0.2, -0.15) is 0 Å². The summed E-state index contributed by atoms with van der Waals surface area (Å²) >= 11 is 0. The Morgan fingerprint density at radius 1 is 1.45 bits per heavy atom. The van der Waals surface area contributed by atoms with Crippen molar-refractivity contribution in [2.75, 3.05) is 13.6 Å². The van der Waals surface area contributed by atoms with Crippen molar-refractivity contribution in [2.24, 2.45) is 0 Å². The molecule has 0 radical (unpaired) electrons. The molecule has 1 amide bonds. The molecule has 1 atom stereocenters. The van der Waals surface area contributed by atoms with Crippen LogP contribution in [-0.4, -0.2) is 34.0 Å². The third-order valence-electron chi connectivity index (χ3n) is 3.82. The molecule has 1 saturated heterocycles. The number of allylic oxidation sites excluding steroid dienone is 1. The molecule has 1 aliphatic heterocycles. The molecule has 3 rings (SSSR count). The second-order valence-electron chi connectivity index (χ2n) is 5.68. The molecule has 0 bridgehead atoms. The number of carbonyl (C=O) groups is 1. The Labute approximate surface area is 118 Å². The molecule has 1 fully saturated rings. The number of fused-ring (bicyclic) bond motifs is 1. The highest BCUT2D eigenvalue weighted by atomic mass is 16.2. The Balaban J connectivity index is 2.09. The smallest absolute Gasteiger partial charge is 0.223 e. The molecule has 104 valence electrons. The van der Waals surface area contributed by atoms with Gasteiger partial charge in [0, 0.05) is 32.5 Å². The van der Waals surface area contributed by atoms with Gasteiger partial charge in [0.15, 0.2) is 0 Å². The van der Waals surface area contributed by atoms with Crippen molar-refractivity contribution in [3.63, 3.8) is 0 Å². The van der Waals surface area contributed by atoms with E-state index in [4.69, 9.17) is 4.98 Å². The number of carbonyl (C=O) groups excluding carboxylic acids is 1. The van der Waals surface area contributed by atoms with Crippen molar-refractivity contribution in [1.29, 1.82) is 0 Å². The fourth-order valence-corrected chi connectivity index (χ4v) is 2.88. The number of benzene rings is 1. The van der Waals surface area contributed by atoms with E-state index in [-0.39, 0.29) is 11.8 Å². The minimum Gasteiger partial charge on any atom is -0.345 e. The first kappa shape index (κ1) is 12.9. The first-order chi connectivity index (χ1) is 9.56. The van der Waals surface area contributed by atoms with Gasteiger partial charge in [-0.15, -0.1) is 0 Å². The van der Waals surface area contributed by atoms with Crippen LogP contribution in [0.1, 0.15) is 25.1 Å². The van der Waals surface area contributed by atoms with Gasteiger partial charge < -0.3 is 9.47 Å². The fraction of sp³-hybridized carbons (Fsp3) is 0.375. The molecule has 1 aromatic heterocycles. The summed E-state index contributed by atoms with van der Waals surface area (Å²) in [6.45, 7) is 7.53. The molecule has 2 heterocycles. The molecule has 0 N–H and O–H groups in total. The van der Waals surface area contributed by atoms with Crippen LogP contribution < -0.4 is 0 Å². The minimum absolute atomic E-state index is 0.180. The van der Waals surface area contributed by atoms with Gasteiger partial charge in [0.05, 0.1) is 11.0 Å². The number of para-hydroxylation sites is 2. The van der Waals surface area contributed by atoms with Crippen LogP contribution in [0, 0.1) is 0 Å². The summed E-state index contributed by atoms with van der Waals surface area (Å²) in [4.78, 5) is 18.3. The van der Waals surface area contributed by atoms with Crippen LogP contribution >= 0.6 is 0 Å². The van der Waals surface area contributed by atoms with Gasteiger partial charge in [-0.05, 0) is 19.1 Å². The van der Waals surface area contributed by atoms with E-state index < -0.39 is 0 Å². The molecule has 1 aliphatic rings. The monoisotopic (exact) mass is 269 g/mol. The average Bonchev–Trinajstić information content (AvgIpc) is 2.91. The number of imidazole rings is 1. The van der Waals surface area contributed by atoms with Gasteiger partial charge >= 0.3 is 0 Å². The van der Waals surface area contributed by atoms with Crippen LogP contribution in [0.15, 0.2) is 36.4 Å². The van der Waals surface area contributed by atoms with E-state index in [0.29, 0.717) is 6.42 Å². The summed E-state index contributed by atoms with van der Waals surface area (Å²) in [7, 11) is 1.86. The van der Waals surface area contributed by atoms with Crippen LogP contribution in [-0.2, 0) is 11.3 Å². The lowest BCUT2D eigenvalue weighted by atomic mass is 10.1. The van der Waals surface area contributed by atoms with E-state index in [1.54, 1.807) is 4.90 Å². The molecule has 4 nitrogen and oxygen atoms in total. The fourth-order valence-electron chi connectivity index (χ4n) is 2.88. The lowest BCUT2D eigenvalue weighted by Crippen LogP contribution is -2.19. The molecule has 20 heavy (non-hydrogen) atoms. The van der Waals surface area contributed by atoms with Gasteiger partial charge in [-0.3, -0.25) is 4.79 Å². The van der Waals surface area contributed by atoms with Gasteiger partial charge in [0.1, 0.15) is 5.82 Å². The number of aromatic nitrogens is 2. The van der Waals surface area contributed by atoms with Crippen molar-refractivity contribution in [1.82, 2.24) is 14.5 Å². The molecule has 4 heteroatoms. The zero-order chi connectivity index (χ0) is 14.3. The number of hydrogen-bond acceptors (Lipinski definition) is 2. The van der Waals surface area contributed by atoms with Crippen molar-refractivity contribution in [3.8, 4) is 0 Å². The van der Waals surface area contributed by atoms with Crippen molar-refractivity contribution >= 4 is 16.9 Å².